The number of rotatable bonds is 7. The Bertz CT molecular complexity index is 1360. The van der Waals surface area contributed by atoms with Gasteiger partial charge in [-0.2, -0.15) is 18.3 Å². The maximum absolute atomic E-state index is 13.9. The Morgan fingerprint density at radius 3 is 2.67 bits per heavy atom. The number of oxazole rings is 1. The van der Waals surface area contributed by atoms with Gasteiger partial charge < -0.3 is 20.0 Å². The third-order valence-electron chi connectivity index (χ3n) is 7.26. The van der Waals surface area contributed by atoms with Crippen molar-refractivity contribution in [3.63, 3.8) is 0 Å². The van der Waals surface area contributed by atoms with Crippen LogP contribution in [0.1, 0.15) is 60.6 Å². The van der Waals surface area contributed by atoms with Gasteiger partial charge in [0.05, 0.1) is 6.54 Å². The number of urea groups is 1. The van der Waals surface area contributed by atoms with E-state index in [1.807, 2.05) is 12.2 Å². The molecule has 210 valence electrons. The van der Waals surface area contributed by atoms with Gasteiger partial charge in [-0.3, -0.25) is 9.48 Å². The molecule has 0 radical (unpaired) electrons. The predicted octanol–water partition coefficient (Wildman–Crippen LogP) is 4.80. The van der Waals surface area contributed by atoms with Crippen molar-refractivity contribution in [2.45, 2.75) is 69.9 Å². The largest absolute Gasteiger partial charge is 0.438 e. The molecule has 1 aromatic carbocycles. The molecule has 1 saturated heterocycles. The topological polar surface area (TPSA) is 105 Å². The van der Waals surface area contributed by atoms with Gasteiger partial charge >= 0.3 is 12.2 Å². The van der Waals surface area contributed by atoms with Crippen LogP contribution in [0.4, 0.5) is 26.7 Å². The molecule has 9 nitrogen and oxygen atoms in total. The molecule has 0 spiro atoms. The fourth-order valence-electron chi connectivity index (χ4n) is 5.12. The Labute approximate surface area is 219 Å². The molecule has 3 heterocycles. The van der Waals surface area contributed by atoms with Crippen molar-refractivity contribution in [3.8, 4) is 0 Å². The Kier molecular flexibility index (Phi) is 6.97. The highest BCUT2D eigenvalue weighted by Gasteiger charge is 2.47. The van der Waals surface area contributed by atoms with Gasteiger partial charge in [-0.25, -0.2) is 18.6 Å². The summed E-state index contributed by atoms with van der Waals surface area (Å²) in [7, 11) is 0. The summed E-state index contributed by atoms with van der Waals surface area (Å²) in [4.78, 5) is 30.7. The van der Waals surface area contributed by atoms with Gasteiger partial charge in [0.25, 0.3) is 5.91 Å². The molecule has 2 atom stereocenters. The van der Waals surface area contributed by atoms with E-state index >= 15 is 0 Å². The molecule has 0 unspecified atom stereocenters. The van der Waals surface area contributed by atoms with E-state index in [4.69, 9.17) is 4.42 Å². The fraction of sp³-hybridized carbons (Fsp3) is 0.520. The van der Waals surface area contributed by atoms with E-state index in [9.17, 15) is 31.5 Å². The number of carbonyl (C=O) groups excluding carboxylic acids is 2. The Balaban J connectivity index is 1.39. The lowest BCUT2D eigenvalue weighted by atomic mass is 9.82. The van der Waals surface area contributed by atoms with Crippen LogP contribution in [0.25, 0.3) is 11.1 Å². The number of fused-ring (bicyclic) bond motifs is 1. The minimum Gasteiger partial charge on any atom is -0.438 e. The first-order chi connectivity index (χ1) is 18.4. The monoisotopic (exact) mass is 554 g/mol. The lowest BCUT2D eigenvalue weighted by Crippen LogP contribution is -2.40. The van der Waals surface area contributed by atoms with E-state index in [0.29, 0.717) is 28.9 Å². The second-order valence-corrected chi connectivity index (χ2v) is 9.96. The smallest absolute Gasteiger partial charge is 0.410 e. The molecule has 3 aromatic rings. The van der Waals surface area contributed by atoms with Crippen LogP contribution in [0.2, 0.25) is 0 Å². The second-order valence-electron chi connectivity index (χ2n) is 9.96. The number of hydrogen-bond acceptors (Lipinski definition) is 5. The molecule has 1 aliphatic carbocycles. The number of aryl methyl sites for hydroxylation is 1. The molecular weight excluding hydrogens is 527 g/mol. The van der Waals surface area contributed by atoms with Gasteiger partial charge in [-0.05, 0) is 49.4 Å². The molecule has 2 aromatic heterocycles. The lowest BCUT2D eigenvalue weighted by Gasteiger charge is -2.32. The van der Waals surface area contributed by atoms with Crippen LogP contribution in [-0.2, 0) is 13.1 Å². The minimum absolute atomic E-state index is 0.0740. The third kappa shape index (κ3) is 5.69. The summed E-state index contributed by atoms with van der Waals surface area (Å²) in [5.41, 5.74) is 1.56. The van der Waals surface area contributed by atoms with Crippen LogP contribution in [0.3, 0.4) is 0 Å². The fourth-order valence-corrected chi connectivity index (χ4v) is 5.12. The summed E-state index contributed by atoms with van der Waals surface area (Å²) in [6, 6.07) is 2.79. The number of alkyl halides is 5. The average molecular weight is 555 g/mol. The zero-order valence-corrected chi connectivity index (χ0v) is 21.0. The van der Waals surface area contributed by atoms with Gasteiger partial charge in [-0.1, -0.05) is 6.07 Å². The quantitative estimate of drug-likeness (QED) is 0.409. The van der Waals surface area contributed by atoms with E-state index < -0.39 is 42.7 Å². The molecular formula is C25H27F5N6O3. The molecule has 5 rings (SSSR count). The highest BCUT2D eigenvalue weighted by Crippen LogP contribution is 2.42. The third-order valence-corrected chi connectivity index (χ3v) is 7.26. The highest BCUT2D eigenvalue weighted by molar-refractivity contribution is 5.92. The van der Waals surface area contributed by atoms with Crippen molar-refractivity contribution in [1.29, 1.82) is 0 Å². The van der Waals surface area contributed by atoms with Crippen LogP contribution in [0, 0.1) is 5.92 Å². The predicted molar refractivity (Wildman–Crippen MR) is 128 cm³/mol. The molecule has 2 fully saturated rings. The normalized spacial score (nSPS) is 20.8. The SMILES string of the molecule is CCn1nccc1C(=O)N[C@H](c1nc2cc(CN3C[C@@H](C(F)(F)F)NC3=O)ccc2o1)C1CCC(F)(F)CC1. The molecule has 39 heavy (non-hydrogen) atoms. The molecule has 1 aliphatic heterocycles. The molecule has 14 heteroatoms. The number of nitrogens with one attached hydrogen (secondary N) is 2. The van der Waals surface area contributed by atoms with Gasteiger partial charge in [-0.15, -0.1) is 0 Å². The number of aromatic nitrogens is 3. The summed E-state index contributed by atoms with van der Waals surface area (Å²) in [6.45, 7) is 1.70. The van der Waals surface area contributed by atoms with Crippen LogP contribution >= 0.6 is 0 Å². The van der Waals surface area contributed by atoms with Crippen LogP contribution in [0.15, 0.2) is 34.9 Å². The van der Waals surface area contributed by atoms with Gasteiger partial charge in [0.15, 0.2) is 5.58 Å². The number of hydrogen-bond donors (Lipinski definition) is 2. The summed E-state index contributed by atoms with van der Waals surface area (Å²) in [5.74, 6) is -3.43. The zero-order chi connectivity index (χ0) is 27.9. The lowest BCUT2D eigenvalue weighted by molar-refractivity contribution is -0.149. The van der Waals surface area contributed by atoms with Gasteiger partial charge in [0, 0.05) is 32.1 Å². The molecule has 1 saturated carbocycles. The van der Waals surface area contributed by atoms with Crippen LogP contribution < -0.4 is 10.6 Å². The van der Waals surface area contributed by atoms with Crippen molar-refractivity contribution >= 4 is 23.0 Å². The zero-order valence-electron chi connectivity index (χ0n) is 21.0. The summed E-state index contributed by atoms with van der Waals surface area (Å²) in [5, 5.41) is 8.93. The molecule has 3 amide bonds. The van der Waals surface area contributed by atoms with E-state index in [0.717, 1.165) is 4.90 Å². The number of halogens is 5. The maximum Gasteiger partial charge on any atom is 0.410 e. The van der Waals surface area contributed by atoms with E-state index in [1.54, 1.807) is 24.3 Å². The summed E-state index contributed by atoms with van der Waals surface area (Å²) in [6.07, 6.45) is -3.39. The summed E-state index contributed by atoms with van der Waals surface area (Å²) < 4.78 is 74.3. The first kappa shape index (κ1) is 26.9. The van der Waals surface area contributed by atoms with Crippen molar-refractivity contribution in [1.82, 2.24) is 30.3 Å². The minimum atomic E-state index is -4.55. The highest BCUT2D eigenvalue weighted by atomic mass is 19.4. The summed E-state index contributed by atoms with van der Waals surface area (Å²) >= 11 is 0. The number of carbonyl (C=O) groups is 2. The van der Waals surface area contributed by atoms with E-state index in [1.165, 1.54) is 10.9 Å². The second kappa shape index (κ2) is 10.1. The van der Waals surface area contributed by atoms with Crippen LogP contribution in [0.5, 0.6) is 0 Å². The Hall–Kier alpha value is -3.71. The Morgan fingerprint density at radius 1 is 1.26 bits per heavy atom. The average Bonchev–Trinajstić information content (AvgIpc) is 3.60. The van der Waals surface area contributed by atoms with Crippen LogP contribution in [-0.4, -0.2) is 56.3 Å². The van der Waals surface area contributed by atoms with E-state index in [2.05, 4.69) is 15.4 Å². The molecule has 2 aliphatic rings. The molecule has 0 bridgehead atoms. The van der Waals surface area contributed by atoms with E-state index in [-0.39, 0.29) is 44.0 Å². The number of amides is 3. The Morgan fingerprint density at radius 2 is 2.00 bits per heavy atom. The first-order valence-corrected chi connectivity index (χ1v) is 12.7. The first-order valence-electron chi connectivity index (χ1n) is 12.7. The maximum atomic E-state index is 13.9. The van der Waals surface area contributed by atoms with Crippen molar-refractivity contribution in [2.24, 2.45) is 5.92 Å². The number of nitrogens with zero attached hydrogens (tertiary/aromatic N) is 4. The van der Waals surface area contributed by atoms with Crippen molar-refractivity contribution in [2.75, 3.05) is 6.54 Å². The van der Waals surface area contributed by atoms with Gasteiger partial charge in [0.1, 0.15) is 23.3 Å². The van der Waals surface area contributed by atoms with Crippen molar-refractivity contribution in [3.05, 3.63) is 47.6 Å². The molecule has 2 N–H and O–H groups in total. The number of benzene rings is 1. The van der Waals surface area contributed by atoms with Crippen molar-refractivity contribution < 1.29 is 36.0 Å². The van der Waals surface area contributed by atoms with Gasteiger partial charge in [0.2, 0.25) is 11.8 Å². The standard InChI is InChI=1S/C25H27F5N6O3/c1-2-36-17(7-10-31-36)21(37)34-20(15-5-8-24(26,27)9-6-15)22-32-16-11-14(3-4-18(16)39-22)12-35-13-19(25(28,29)30)33-23(35)38/h3-4,7,10-11,15,19-20H,2,5-6,8-9,12-13H2,1H3,(H,33,38)(H,34,37)/t19-,20-/m0/s1.